The van der Waals surface area contributed by atoms with Crippen molar-refractivity contribution in [3.8, 4) is 6.07 Å². The number of allylic oxidation sites excluding steroid dienone is 2. The van der Waals surface area contributed by atoms with Gasteiger partial charge in [-0.1, -0.05) is 12.2 Å². The first-order chi connectivity index (χ1) is 6.43. The molecule has 2 nitrogen and oxygen atoms in total. The van der Waals surface area contributed by atoms with Crippen molar-refractivity contribution in [3.63, 3.8) is 0 Å². The second kappa shape index (κ2) is 3.46. The highest BCUT2D eigenvalue weighted by molar-refractivity contribution is 5.42. The smallest absolute Gasteiger partial charge is 0.359 e. The second-order valence-corrected chi connectivity index (χ2v) is 2.73. The molecule has 1 aliphatic carbocycles. The van der Waals surface area contributed by atoms with Crippen LogP contribution in [0.15, 0.2) is 23.8 Å². The number of methoxy groups -OCH3 is 1. The summed E-state index contributed by atoms with van der Waals surface area (Å²) in [6, 6.07) is 1.66. The van der Waals surface area contributed by atoms with E-state index in [1.165, 1.54) is 13.5 Å². The van der Waals surface area contributed by atoms with Crippen molar-refractivity contribution >= 4 is 0 Å². The Bertz CT molecular complexity index is 324. The van der Waals surface area contributed by atoms with Gasteiger partial charge >= 0.3 is 6.18 Å². The lowest BCUT2D eigenvalue weighted by molar-refractivity contribution is -0.0898. The number of halogens is 3. The number of rotatable bonds is 1. The Labute approximate surface area is 79.3 Å². The molecular weight excluding hydrogens is 195 g/mol. The van der Waals surface area contributed by atoms with Gasteiger partial charge in [-0.3, -0.25) is 0 Å². The van der Waals surface area contributed by atoms with Crippen LogP contribution in [0.1, 0.15) is 0 Å². The van der Waals surface area contributed by atoms with Gasteiger partial charge in [0.05, 0.1) is 5.57 Å². The minimum absolute atomic E-state index is 0.757. The van der Waals surface area contributed by atoms with Crippen LogP contribution in [-0.2, 0) is 4.74 Å². The Morgan fingerprint density at radius 1 is 1.50 bits per heavy atom. The highest BCUT2D eigenvalue weighted by atomic mass is 19.4. The number of nitriles is 1. The van der Waals surface area contributed by atoms with Gasteiger partial charge in [0.2, 0.25) is 0 Å². The van der Waals surface area contributed by atoms with Gasteiger partial charge in [-0.25, -0.2) is 0 Å². The molecule has 1 aliphatic rings. The number of hydrogen-bond donors (Lipinski definition) is 0. The molecule has 0 N–H and O–H groups in total. The van der Waals surface area contributed by atoms with Gasteiger partial charge in [0.15, 0.2) is 5.60 Å². The van der Waals surface area contributed by atoms with Crippen molar-refractivity contribution in [2.75, 3.05) is 7.11 Å². The van der Waals surface area contributed by atoms with E-state index in [1.54, 1.807) is 6.07 Å². The molecule has 1 rings (SSSR count). The maximum atomic E-state index is 12.3. The largest absolute Gasteiger partial charge is 0.416 e. The predicted octanol–water partition coefficient (Wildman–Crippen LogP) is 2.16. The van der Waals surface area contributed by atoms with Crippen LogP contribution in [0.2, 0.25) is 0 Å². The van der Waals surface area contributed by atoms with Crippen LogP contribution in [0.5, 0.6) is 0 Å². The van der Waals surface area contributed by atoms with Crippen LogP contribution in [0.4, 0.5) is 13.2 Å². The van der Waals surface area contributed by atoms with Gasteiger partial charge in [-0.05, 0) is 6.08 Å². The molecule has 75 valence electrons. The van der Waals surface area contributed by atoms with Crippen molar-refractivity contribution in [2.45, 2.75) is 11.8 Å². The van der Waals surface area contributed by atoms with Gasteiger partial charge in [-0.15, -0.1) is 0 Å². The number of alkyl halides is 3. The number of nitrogens with zero attached hydrogens (tertiary/aromatic N) is 1. The Morgan fingerprint density at radius 3 is 2.57 bits per heavy atom. The zero-order chi connectivity index (χ0) is 10.8. The third kappa shape index (κ3) is 1.96. The molecule has 0 amide bonds. The van der Waals surface area contributed by atoms with Crippen LogP contribution < -0.4 is 0 Å². The summed E-state index contributed by atoms with van der Waals surface area (Å²) in [5.41, 5.74) is -2.47. The van der Waals surface area contributed by atoms with Crippen molar-refractivity contribution in [1.29, 1.82) is 5.26 Å². The Balaban J connectivity index is 3.06. The van der Waals surface area contributed by atoms with E-state index in [0.717, 1.165) is 18.2 Å². The average molecular weight is 202 g/mol. The van der Waals surface area contributed by atoms with E-state index in [9.17, 15) is 13.2 Å². The monoisotopic (exact) mass is 202 g/mol. The maximum absolute atomic E-state index is 12.3. The molecule has 0 aliphatic heterocycles. The fourth-order valence-electron chi connectivity index (χ4n) is 1.04. The van der Waals surface area contributed by atoms with Crippen molar-refractivity contribution in [1.82, 2.24) is 0 Å². The van der Waals surface area contributed by atoms with Gasteiger partial charge in [0.1, 0.15) is 6.07 Å². The summed E-state index contributed by atoms with van der Waals surface area (Å²) in [6.07, 6.45) is -0.370. The van der Waals surface area contributed by atoms with E-state index in [1.807, 2.05) is 0 Å². The lowest BCUT2D eigenvalue weighted by Crippen LogP contribution is -2.31. The summed E-state index contributed by atoms with van der Waals surface area (Å²) < 4.78 is 41.5. The first kappa shape index (κ1) is 10.8. The van der Waals surface area contributed by atoms with Crippen molar-refractivity contribution in [3.05, 3.63) is 30.2 Å². The van der Waals surface area contributed by atoms with Crippen LogP contribution in [0.3, 0.4) is 0 Å². The second-order valence-electron chi connectivity index (χ2n) is 2.73. The molecule has 0 fully saturated rings. The molecule has 0 saturated heterocycles. The van der Waals surface area contributed by atoms with Gasteiger partial charge in [-0.2, -0.15) is 18.4 Å². The summed E-state index contributed by atoms with van der Waals surface area (Å²) in [4.78, 5) is 0. The van der Waals surface area contributed by atoms with E-state index in [-0.39, 0.29) is 0 Å². The fourth-order valence-corrected chi connectivity index (χ4v) is 1.04. The van der Waals surface area contributed by atoms with Gasteiger partial charge < -0.3 is 4.74 Å². The quantitative estimate of drug-likeness (QED) is 0.652. The predicted molar refractivity (Wildman–Crippen MR) is 42.9 cm³/mol. The summed E-state index contributed by atoms with van der Waals surface area (Å²) >= 11 is 0. The molecule has 0 aromatic rings. The zero-order valence-electron chi connectivity index (χ0n) is 7.30. The molecule has 0 spiro atoms. The van der Waals surface area contributed by atoms with Crippen molar-refractivity contribution in [2.24, 2.45) is 0 Å². The Morgan fingerprint density at radius 2 is 2.14 bits per heavy atom. The minimum Gasteiger partial charge on any atom is -0.359 e. The number of hydrogen-bond acceptors (Lipinski definition) is 2. The first-order valence-corrected chi connectivity index (χ1v) is 3.72. The van der Waals surface area contributed by atoms with Crippen LogP contribution in [0, 0.1) is 17.8 Å². The van der Waals surface area contributed by atoms with E-state index < -0.39 is 17.4 Å². The molecule has 0 bridgehead atoms. The molecular formula is C9H7F3NO. The Kier molecular flexibility index (Phi) is 2.67. The molecule has 0 aromatic carbocycles. The first-order valence-electron chi connectivity index (χ1n) is 3.72. The zero-order valence-corrected chi connectivity index (χ0v) is 7.30. The van der Waals surface area contributed by atoms with E-state index in [0.29, 0.717) is 0 Å². The Hall–Kier alpha value is -1.28. The third-order valence-corrected chi connectivity index (χ3v) is 1.83. The molecule has 1 atom stereocenters. The van der Waals surface area contributed by atoms with E-state index in [2.05, 4.69) is 0 Å². The molecule has 0 aromatic heterocycles. The van der Waals surface area contributed by atoms with Crippen LogP contribution in [-0.4, -0.2) is 18.9 Å². The topological polar surface area (TPSA) is 33.0 Å². The average Bonchev–Trinajstić information content (AvgIpc) is 2.16. The standard InChI is InChI=1S/C9H7F3NO/c1-14-8(6-13)4-2-3-7(5-8)9(10,11)12/h2-5H,1H3. The highest BCUT2D eigenvalue weighted by Crippen LogP contribution is 2.33. The summed E-state index contributed by atoms with van der Waals surface area (Å²) in [7, 11) is 1.18. The van der Waals surface area contributed by atoms with Gasteiger partial charge in [0, 0.05) is 13.5 Å². The van der Waals surface area contributed by atoms with Crippen molar-refractivity contribution < 1.29 is 17.9 Å². The minimum atomic E-state index is -4.45. The van der Waals surface area contributed by atoms with Gasteiger partial charge in [0.25, 0.3) is 0 Å². The normalized spacial score (nSPS) is 26.9. The maximum Gasteiger partial charge on any atom is 0.416 e. The van der Waals surface area contributed by atoms with E-state index in [4.69, 9.17) is 10.00 Å². The summed E-state index contributed by atoms with van der Waals surface area (Å²) in [5.74, 6) is 0. The fraction of sp³-hybridized carbons (Fsp3) is 0.333. The molecule has 1 unspecified atom stereocenters. The summed E-state index contributed by atoms with van der Waals surface area (Å²) in [6.45, 7) is 0. The van der Waals surface area contributed by atoms with E-state index >= 15 is 0 Å². The summed E-state index contributed by atoms with van der Waals surface area (Å²) in [5, 5.41) is 8.67. The lowest BCUT2D eigenvalue weighted by atomic mass is 9.92. The third-order valence-electron chi connectivity index (χ3n) is 1.83. The molecule has 0 saturated carbocycles. The molecule has 0 heterocycles. The highest BCUT2D eigenvalue weighted by Gasteiger charge is 2.38. The SMILES string of the molecule is COC1(C#N)[CH]C=CC(C(F)(F)F)=C1. The number of ether oxygens (including phenoxy) is 1. The van der Waals surface area contributed by atoms with Crippen LogP contribution >= 0.6 is 0 Å². The van der Waals surface area contributed by atoms with Crippen LogP contribution in [0.25, 0.3) is 0 Å². The molecule has 5 heteroatoms. The molecule has 14 heavy (non-hydrogen) atoms. The molecule has 1 radical (unpaired) electrons. The lowest BCUT2D eigenvalue weighted by Gasteiger charge is -2.24.